The summed E-state index contributed by atoms with van der Waals surface area (Å²) in [6.45, 7) is 1.67. The third-order valence-electron chi connectivity index (χ3n) is 4.09. The lowest BCUT2D eigenvalue weighted by atomic mass is 10.0. The van der Waals surface area contributed by atoms with Gasteiger partial charge in [-0.2, -0.15) is 0 Å². The number of aliphatic hydroxyl groups excluding tert-OH is 1. The van der Waals surface area contributed by atoms with Crippen molar-refractivity contribution in [2.45, 2.75) is 38.4 Å². The number of hydrogen-bond acceptors (Lipinski definition) is 7. The molecule has 0 unspecified atom stereocenters. The SMILES string of the molecule is C[C@H]1C/C=C\C(=O)C[C@@H](O)C/C=C/c2c3c(cc(O)c2C(=O)O1)OCO3. The van der Waals surface area contributed by atoms with Crippen molar-refractivity contribution in [1.29, 1.82) is 0 Å². The van der Waals surface area contributed by atoms with Gasteiger partial charge in [-0.3, -0.25) is 4.79 Å². The van der Waals surface area contributed by atoms with Gasteiger partial charge in [0.05, 0.1) is 6.10 Å². The predicted molar refractivity (Wildman–Crippen MR) is 92.1 cm³/mol. The van der Waals surface area contributed by atoms with Crippen LogP contribution in [0, 0.1) is 0 Å². The van der Waals surface area contributed by atoms with E-state index in [-0.39, 0.29) is 36.7 Å². The maximum absolute atomic E-state index is 12.6. The number of ketones is 1. The van der Waals surface area contributed by atoms with Crippen molar-refractivity contribution in [2.24, 2.45) is 0 Å². The Balaban J connectivity index is 2.03. The Labute approximate surface area is 150 Å². The van der Waals surface area contributed by atoms with Crippen LogP contribution in [0.4, 0.5) is 0 Å². The first-order valence-corrected chi connectivity index (χ1v) is 8.36. The van der Waals surface area contributed by atoms with E-state index >= 15 is 0 Å². The third-order valence-corrected chi connectivity index (χ3v) is 4.09. The Bertz CT molecular complexity index is 779. The third kappa shape index (κ3) is 3.88. The summed E-state index contributed by atoms with van der Waals surface area (Å²) in [5, 5.41) is 20.3. The van der Waals surface area contributed by atoms with Crippen LogP contribution in [0.25, 0.3) is 6.08 Å². The van der Waals surface area contributed by atoms with Crippen LogP contribution in [0.2, 0.25) is 0 Å². The maximum Gasteiger partial charge on any atom is 0.342 e. The van der Waals surface area contributed by atoms with Crippen molar-refractivity contribution >= 4 is 17.8 Å². The number of esters is 1. The standard InChI is InChI=1S/C19H20O7/c1-11-4-2-5-12(20)8-13(21)6-3-7-14-17(19(23)26-11)15(22)9-16-18(14)25-10-24-16/h2-3,5,7,9,11,13,21-22H,4,6,8,10H2,1H3/b5-2-,7-3+/t11-,13-/m0/s1. The number of benzene rings is 1. The van der Waals surface area contributed by atoms with E-state index in [0.717, 1.165) is 0 Å². The van der Waals surface area contributed by atoms with Gasteiger partial charge in [-0.25, -0.2) is 4.79 Å². The molecule has 0 aromatic heterocycles. The molecule has 0 aliphatic carbocycles. The number of fused-ring (bicyclic) bond motifs is 3. The molecule has 0 amide bonds. The summed E-state index contributed by atoms with van der Waals surface area (Å²) in [5.41, 5.74) is 0.296. The minimum Gasteiger partial charge on any atom is -0.507 e. The normalized spacial score (nSPS) is 25.8. The summed E-state index contributed by atoms with van der Waals surface area (Å²) in [4.78, 5) is 24.4. The van der Waals surface area contributed by atoms with Gasteiger partial charge in [0, 0.05) is 24.5 Å². The number of carbonyl (C=O) groups excluding carboxylic acids is 2. The molecule has 2 aliphatic rings. The van der Waals surface area contributed by atoms with Crippen LogP contribution in [0.1, 0.15) is 42.1 Å². The molecule has 0 spiro atoms. The fraction of sp³-hybridized carbons (Fsp3) is 0.368. The molecule has 0 bridgehead atoms. The highest BCUT2D eigenvalue weighted by Crippen LogP contribution is 2.43. The second-order valence-corrected chi connectivity index (χ2v) is 6.23. The van der Waals surface area contributed by atoms with E-state index < -0.39 is 18.2 Å². The van der Waals surface area contributed by atoms with E-state index in [4.69, 9.17) is 14.2 Å². The number of allylic oxidation sites excluding steroid dienone is 1. The van der Waals surface area contributed by atoms with Gasteiger partial charge < -0.3 is 24.4 Å². The van der Waals surface area contributed by atoms with Gasteiger partial charge in [0.2, 0.25) is 6.79 Å². The maximum atomic E-state index is 12.6. The molecule has 2 aliphatic heterocycles. The minimum absolute atomic E-state index is 0.000373. The van der Waals surface area contributed by atoms with E-state index in [1.807, 2.05) is 0 Å². The first kappa shape index (κ1) is 18.0. The smallest absolute Gasteiger partial charge is 0.342 e. The molecule has 7 heteroatoms. The van der Waals surface area contributed by atoms with E-state index in [2.05, 4.69) is 0 Å². The van der Waals surface area contributed by atoms with Gasteiger partial charge in [-0.15, -0.1) is 0 Å². The van der Waals surface area contributed by atoms with Crippen LogP contribution in [-0.2, 0) is 9.53 Å². The number of phenolic OH excluding ortho intramolecular Hbond substituents is 1. The summed E-state index contributed by atoms with van der Waals surface area (Å²) in [6.07, 6.45) is 5.36. The van der Waals surface area contributed by atoms with Gasteiger partial charge in [0.15, 0.2) is 17.3 Å². The first-order valence-electron chi connectivity index (χ1n) is 8.36. The lowest BCUT2D eigenvalue weighted by Crippen LogP contribution is -2.16. The summed E-state index contributed by atoms with van der Waals surface area (Å²) < 4.78 is 16.1. The molecule has 138 valence electrons. The molecule has 0 radical (unpaired) electrons. The lowest BCUT2D eigenvalue weighted by Gasteiger charge is -2.15. The van der Waals surface area contributed by atoms with E-state index in [1.165, 1.54) is 12.1 Å². The number of ether oxygens (including phenoxy) is 3. The number of cyclic esters (lactones) is 1. The minimum atomic E-state index is -0.846. The van der Waals surface area contributed by atoms with Crippen molar-refractivity contribution in [2.75, 3.05) is 6.79 Å². The van der Waals surface area contributed by atoms with Crippen molar-refractivity contribution < 1.29 is 34.0 Å². The Hall–Kier alpha value is -2.80. The molecular weight excluding hydrogens is 340 g/mol. The fourth-order valence-electron chi connectivity index (χ4n) is 2.84. The highest BCUT2D eigenvalue weighted by molar-refractivity contribution is 5.98. The van der Waals surface area contributed by atoms with Crippen LogP contribution in [-0.4, -0.2) is 41.0 Å². The Morgan fingerprint density at radius 1 is 1.12 bits per heavy atom. The molecule has 2 N–H and O–H groups in total. The quantitative estimate of drug-likeness (QED) is 0.685. The number of aliphatic hydroxyl groups is 1. The van der Waals surface area contributed by atoms with Gasteiger partial charge in [-0.1, -0.05) is 18.2 Å². The molecule has 1 aromatic rings. The summed E-state index contributed by atoms with van der Waals surface area (Å²) in [6, 6.07) is 1.32. The molecule has 3 rings (SSSR count). The number of aromatic hydroxyl groups is 1. The summed E-state index contributed by atoms with van der Waals surface area (Å²) >= 11 is 0. The number of hydrogen-bond donors (Lipinski definition) is 2. The van der Waals surface area contributed by atoms with E-state index in [0.29, 0.717) is 23.5 Å². The average molecular weight is 360 g/mol. The van der Waals surface area contributed by atoms with Crippen molar-refractivity contribution in [3.05, 3.63) is 35.4 Å². The highest BCUT2D eigenvalue weighted by Gasteiger charge is 2.28. The van der Waals surface area contributed by atoms with Crippen molar-refractivity contribution in [3.8, 4) is 17.2 Å². The first-order chi connectivity index (χ1) is 12.5. The molecule has 0 saturated heterocycles. The Kier molecular flexibility index (Phi) is 5.27. The predicted octanol–water partition coefficient (Wildman–Crippen LogP) is 2.35. The largest absolute Gasteiger partial charge is 0.507 e. The van der Waals surface area contributed by atoms with Crippen LogP contribution in [0.15, 0.2) is 24.3 Å². The topological polar surface area (TPSA) is 102 Å². The monoisotopic (exact) mass is 360 g/mol. The zero-order valence-corrected chi connectivity index (χ0v) is 14.3. The molecule has 1 aromatic carbocycles. The van der Waals surface area contributed by atoms with Crippen LogP contribution >= 0.6 is 0 Å². The summed E-state index contributed by atoms with van der Waals surface area (Å²) in [7, 11) is 0. The molecule has 2 atom stereocenters. The number of carbonyl (C=O) groups is 2. The lowest BCUT2D eigenvalue weighted by molar-refractivity contribution is -0.116. The van der Waals surface area contributed by atoms with Gasteiger partial charge in [-0.05, 0) is 19.4 Å². The van der Waals surface area contributed by atoms with E-state index in [1.54, 1.807) is 25.2 Å². The Morgan fingerprint density at radius 3 is 2.69 bits per heavy atom. The van der Waals surface area contributed by atoms with Crippen molar-refractivity contribution in [3.63, 3.8) is 0 Å². The average Bonchev–Trinajstić information content (AvgIpc) is 3.01. The van der Waals surface area contributed by atoms with Gasteiger partial charge in [0.25, 0.3) is 0 Å². The van der Waals surface area contributed by atoms with Crippen LogP contribution in [0.3, 0.4) is 0 Å². The zero-order chi connectivity index (χ0) is 18.7. The van der Waals surface area contributed by atoms with Crippen LogP contribution < -0.4 is 9.47 Å². The molecular formula is C19H20O7. The Morgan fingerprint density at radius 2 is 1.88 bits per heavy atom. The zero-order valence-electron chi connectivity index (χ0n) is 14.3. The molecule has 0 saturated carbocycles. The van der Waals surface area contributed by atoms with Crippen molar-refractivity contribution in [1.82, 2.24) is 0 Å². The van der Waals surface area contributed by atoms with E-state index in [9.17, 15) is 19.8 Å². The van der Waals surface area contributed by atoms with Crippen LogP contribution in [0.5, 0.6) is 17.2 Å². The fourth-order valence-corrected chi connectivity index (χ4v) is 2.84. The molecule has 26 heavy (non-hydrogen) atoms. The molecule has 0 fully saturated rings. The number of rotatable bonds is 0. The second-order valence-electron chi connectivity index (χ2n) is 6.23. The summed E-state index contributed by atoms with van der Waals surface area (Å²) in [5.74, 6) is -0.519. The second kappa shape index (κ2) is 7.61. The number of phenols is 1. The highest BCUT2D eigenvalue weighted by atomic mass is 16.7. The van der Waals surface area contributed by atoms with Gasteiger partial charge >= 0.3 is 5.97 Å². The molecule has 2 heterocycles. The van der Waals surface area contributed by atoms with Gasteiger partial charge in [0.1, 0.15) is 17.4 Å². The molecule has 7 nitrogen and oxygen atoms in total.